The maximum absolute atomic E-state index is 10.6. The zero-order chi connectivity index (χ0) is 14.5. The summed E-state index contributed by atoms with van der Waals surface area (Å²) in [5.74, 6) is 0.589. The molecule has 0 aliphatic rings. The summed E-state index contributed by atoms with van der Waals surface area (Å²) in [6.45, 7) is 4.43. The zero-order valence-electron chi connectivity index (χ0n) is 12.8. The van der Waals surface area contributed by atoms with Crippen molar-refractivity contribution in [2.24, 2.45) is 13.0 Å². The smallest absolute Gasteiger partial charge is 0.0988 e. The second kappa shape index (κ2) is 6.89. The van der Waals surface area contributed by atoms with Gasteiger partial charge in [0.2, 0.25) is 0 Å². The van der Waals surface area contributed by atoms with Gasteiger partial charge in [0.1, 0.15) is 0 Å². The molecule has 0 saturated carbocycles. The minimum atomic E-state index is -0.456. The molecule has 2 atom stereocenters. The van der Waals surface area contributed by atoms with Gasteiger partial charge in [-0.05, 0) is 18.4 Å². The minimum Gasteiger partial charge on any atom is -0.387 e. The van der Waals surface area contributed by atoms with Gasteiger partial charge in [0.25, 0.3) is 0 Å². The Balaban J connectivity index is 2.16. The van der Waals surface area contributed by atoms with Crippen LogP contribution >= 0.6 is 0 Å². The molecule has 3 heteroatoms. The first kappa shape index (κ1) is 15.0. The number of benzene rings is 1. The quantitative estimate of drug-likeness (QED) is 0.821. The Kier molecular flexibility index (Phi) is 5.18. The molecule has 1 aromatic heterocycles. The first-order valence-corrected chi connectivity index (χ1v) is 7.77. The summed E-state index contributed by atoms with van der Waals surface area (Å²) >= 11 is 0. The van der Waals surface area contributed by atoms with Gasteiger partial charge in [0, 0.05) is 12.4 Å². The molecule has 0 radical (unpaired) electrons. The summed E-state index contributed by atoms with van der Waals surface area (Å²) in [7, 11) is 1.94. The molecule has 2 rings (SSSR count). The number of aromatic nitrogens is 2. The van der Waals surface area contributed by atoms with Crippen LogP contribution in [0.4, 0.5) is 0 Å². The first-order chi connectivity index (χ1) is 9.67. The third kappa shape index (κ3) is 3.21. The number of aliphatic hydroxyl groups excluding tert-OH is 1. The molecule has 110 valence electrons. The standard InChI is InChI=1S/C17H26N2O/c1-4-6-9-13(5-2)12-16(20)17-14-10-7-8-11-15(14)19(3)18-17/h7-8,10-11,13,16,20H,4-6,9,12H2,1-3H3. The van der Waals surface area contributed by atoms with Crippen LogP contribution in [0.5, 0.6) is 0 Å². The van der Waals surface area contributed by atoms with Crippen molar-refractivity contribution >= 4 is 10.9 Å². The number of unbranched alkanes of at least 4 members (excludes halogenated alkanes) is 1. The number of hydrogen-bond donors (Lipinski definition) is 1. The number of nitrogens with zero attached hydrogens (tertiary/aromatic N) is 2. The number of para-hydroxylation sites is 1. The van der Waals surface area contributed by atoms with E-state index < -0.39 is 6.10 Å². The number of aryl methyl sites for hydroxylation is 1. The Labute approximate surface area is 121 Å². The van der Waals surface area contributed by atoms with E-state index in [1.807, 2.05) is 36.0 Å². The Hall–Kier alpha value is -1.35. The monoisotopic (exact) mass is 274 g/mol. The molecule has 2 aromatic rings. The lowest BCUT2D eigenvalue weighted by atomic mass is 9.91. The number of hydrogen-bond acceptors (Lipinski definition) is 2. The van der Waals surface area contributed by atoms with Gasteiger partial charge in [-0.1, -0.05) is 57.7 Å². The van der Waals surface area contributed by atoms with Crippen LogP contribution < -0.4 is 0 Å². The van der Waals surface area contributed by atoms with Crippen LogP contribution in [0, 0.1) is 5.92 Å². The van der Waals surface area contributed by atoms with Gasteiger partial charge >= 0.3 is 0 Å². The van der Waals surface area contributed by atoms with Gasteiger partial charge in [0.05, 0.1) is 17.3 Å². The maximum atomic E-state index is 10.6. The van der Waals surface area contributed by atoms with E-state index in [1.54, 1.807) is 0 Å². The highest BCUT2D eigenvalue weighted by molar-refractivity contribution is 5.82. The normalized spacial score (nSPS) is 14.6. The molecule has 0 amide bonds. The van der Waals surface area contributed by atoms with Crippen molar-refractivity contribution in [3.63, 3.8) is 0 Å². The molecule has 2 unspecified atom stereocenters. The van der Waals surface area contributed by atoms with Crippen LogP contribution in [0.3, 0.4) is 0 Å². The third-order valence-corrected chi connectivity index (χ3v) is 4.20. The average molecular weight is 274 g/mol. The zero-order valence-corrected chi connectivity index (χ0v) is 12.8. The highest BCUT2D eigenvalue weighted by Gasteiger charge is 2.19. The van der Waals surface area contributed by atoms with Crippen LogP contribution in [0.25, 0.3) is 10.9 Å². The molecule has 3 nitrogen and oxygen atoms in total. The Bertz CT molecular complexity index is 547. The van der Waals surface area contributed by atoms with Crippen molar-refractivity contribution in [1.82, 2.24) is 9.78 Å². The highest BCUT2D eigenvalue weighted by Crippen LogP contribution is 2.30. The fraction of sp³-hybridized carbons (Fsp3) is 0.588. The van der Waals surface area contributed by atoms with E-state index in [1.165, 1.54) is 19.3 Å². The van der Waals surface area contributed by atoms with Gasteiger partial charge < -0.3 is 5.11 Å². The fourth-order valence-electron chi connectivity index (χ4n) is 2.90. The molecule has 1 heterocycles. The van der Waals surface area contributed by atoms with Crippen LogP contribution in [0.2, 0.25) is 0 Å². The fourth-order valence-corrected chi connectivity index (χ4v) is 2.90. The molecule has 0 spiro atoms. The number of rotatable bonds is 7. The molecule has 0 aliphatic carbocycles. The predicted molar refractivity (Wildman–Crippen MR) is 83.6 cm³/mol. The van der Waals surface area contributed by atoms with Crippen molar-refractivity contribution in [2.75, 3.05) is 0 Å². The highest BCUT2D eigenvalue weighted by atomic mass is 16.3. The summed E-state index contributed by atoms with van der Waals surface area (Å²) < 4.78 is 1.86. The molecular formula is C17H26N2O. The van der Waals surface area contributed by atoms with Crippen molar-refractivity contribution < 1.29 is 5.11 Å². The lowest BCUT2D eigenvalue weighted by Gasteiger charge is -2.17. The van der Waals surface area contributed by atoms with Crippen molar-refractivity contribution in [2.45, 2.75) is 52.1 Å². The second-order valence-electron chi connectivity index (χ2n) is 5.69. The Morgan fingerprint density at radius 1 is 1.25 bits per heavy atom. The summed E-state index contributed by atoms with van der Waals surface area (Å²) in [4.78, 5) is 0. The first-order valence-electron chi connectivity index (χ1n) is 7.77. The maximum Gasteiger partial charge on any atom is 0.0988 e. The summed E-state index contributed by atoms with van der Waals surface area (Å²) in [5, 5.41) is 16.2. The van der Waals surface area contributed by atoms with Gasteiger partial charge in [-0.25, -0.2) is 0 Å². The van der Waals surface area contributed by atoms with E-state index in [0.29, 0.717) is 5.92 Å². The summed E-state index contributed by atoms with van der Waals surface area (Å²) in [6.07, 6.45) is 5.16. The third-order valence-electron chi connectivity index (χ3n) is 4.20. The van der Waals surface area contributed by atoms with Crippen LogP contribution in [0.1, 0.15) is 57.7 Å². The molecular weight excluding hydrogens is 248 g/mol. The van der Waals surface area contributed by atoms with E-state index in [-0.39, 0.29) is 0 Å². The van der Waals surface area contributed by atoms with E-state index in [9.17, 15) is 5.11 Å². The summed E-state index contributed by atoms with van der Waals surface area (Å²) in [5.41, 5.74) is 1.92. The van der Waals surface area contributed by atoms with Gasteiger partial charge in [-0.15, -0.1) is 0 Å². The molecule has 0 fully saturated rings. The Morgan fingerprint density at radius 3 is 2.70 bits per heavy atom. The van der Waals surface area contributed by atoms with Crippen molar-refractivity contribution in [1.29, 1.82) is 0 Å². The van der Waals surface area contributed by atoms with Crippen molar-refractivity contribution in [3.05, 3.63) is 30.0 Å². The second-order valence-corrected chi connectivity index (χ2v) is 5.69. The molecule has 1 aromatic carbocycles. The average Bonchev–Trinajstić information content (AvgIpc) is 2.81. The Morgan fingerprint density at radius 2 is 2.00 bits per heavy atom. The van der Waals surface area contributed by atoms with Gasteiger partial charge in [-0.3, -0.25) is 4.68 Å². The molecule has 1 N–H and O–H groups in total. The summed E-state index contributed by atoms with van der Waals surface area (Å²) in [6, 6.07) is 8.12. The lowest BCUT2D eigenvalue weighted by molar-refractivity contribution is 0.135. The largest absolute Gasteiger partial charge is 0.387 e. The van der Waals surface area contributed by atoms with Crippen LogP contribution in [-0.4, -0.2) is 14.9 Å². The minimum absolute atomic E-state index is 0.456. The van der Waals surface area contributed by atoms with Gasteiger partial charge in [0.15, 0.2) is 0 Å². The number of fused-ring (bicyclic) bond motifs is 1. The predicted octanol–water partition coefficient (Wildman–Crippen LogP) is 4.21. The topological polar surface area (TPSA) is 38.1 Å². The van der Waals surface area contributed by atoms with E-state index >= 15 is 0 Å². The van der Waals surface area contributed by atoms with Crippen LogP contribution in [-0.2, 0) is 7.05 Å². The lowest BCUT2D eigenvalue weighted by Crippen LogP contribution is -2.08. The molecule has 0 bridgehead atoms. The van der Waals surface area contributed by atoms with Gasteiger partial charge in [-0.2, -0.15) is 5.10 Å². The number of aliphatic hydroxyl groups is 1. The molecule has 0 saturated heterocycles. The van der Waals surface area contributed by atoms with Crippen molar-refractivity contribution in [3.8, 4) is 0 Å². The van der Waals surface area contributed by atoms with Crippen LogP contribution in [0.15, 0.2) is 24.3 Å². The SMILES string of the molecule is CCCCC(CC)CC(O)c1nn(C)c2ccccc12. The van der Waals surface area contributed by atoms with E-state index in [0.717, 1.165) is 29.4 Å². The van der Waals surface area contributed by atoms with E-state index in [4.69, 9.17) is 0 Å². The van der Waals surface area contributed by atoms with E-state index in [2.05, 4.69) is 18.9 Å². The molecule has 20 heavy (non-hydrogen) atoms. The molecule has 0 aliphatic heterocycles.